The first-order valence-corrected chi connectivity index (χ1v) is 6.71. The first-order valence-electron chi connectivity index (χ1n) is 5.10. The van der Waals surface area contributed by atoms with E-state index < -0.39 is 27.8 Å². The van der Waals surface area contributed by atoms with Crippen molar-refractivity contribution in [2.24, 2.45) is 0 Å². The van der Waals surface area contributed by atoms with Gasteiger partial charge in [-0.15, -0.1) is 6.42 Å². The Morgan fingerprint density at radius 2 is 2.00 bits per heavy atom. The predicted molar refractivity (Wildman–Crippen MR) is 67.7 cm³/mol. The lowest BCUT2D eigenvalue weighted by molar-refractivity contribution is -0.142. The molecule has 0 spiro atoms. The van der Waals surface area contributed by atoms with Gasteiger partial charge < -0.3 is 9.47 Å². The lowest BCUT2D eigenvalue weighted by atomic mass is 10.5. The summed E-state index contributed by atoms with van der Waals surface area (Å²) in [6, 6.07) is 0. The largest absolute Gasteiger partial charge is 0.465 e. The maximum Gasteiger partial charge on any atom is 0.331 e. The summed E-state index contributed by atoms with van der Waals surface area (Å²) >= 11 is 0. The fourth-order valence-corrected chi connectivity index (χ4v) is 0.829. The molecule has 8 heteroatoms. The van der Waals surface area contributed by atoms with Crippen LogP contribution in [-0.2, 0) is 29.2 Å². The third-order valence-corrected chi connectivity index (χ3v) is 2.04. The SMILES string of the molecule is C#CCOC(=O)C=C.CCC(=O)OCCS(=O)(=O)O. The van der Waals surface area contributed by atoms with Crippen LogP contribution in [0.2, 0.25) is 0 Å². The molecule has 0 fully saturated rings. The van der Waals surface area contributed by atoms with Crippen LogP contribution in [0.25, 0.3) is 0 Å². The molecule has 0 atom stereocenters. The van der Waals surface area contributed by atoms with Gasteiger partial charge in [0, 0.05) is 12.5 Å². The van der Waals surface area contributed by atoms with E-state index >= 15 is 0 Å². The highest BCUT2D eigenvalue weighted by atomic mass is 32.2. The van der Waals surface area contributed by atoms with E-state index in [9.17, 15) is 18.0 Å². The maximum atomic E-state index is 10.4. The van der Waals surface area contributed by atoms with Crippen molar-refractivity contribution in [3.05, 3.63) is 12.7 Å². The lowest BCUT2D eigenvalue weighted by Crippen LogP contribution is -2.13. The zero-order chi connectivity index (χ0) is 15.3. The Kier molecular flexibility index (Phi) is 11.5. The van der Waals surface area contributed by atoms with Gasteiger partial charge in [-0.3, -0.25) is 9.35 Å². The fraction of sp³-hybridized carbons (Fsp3) is 0.455. The van der Waals surface area contributed by atoms with Crippen LogP contribution in [0, 0.1) is 12.3 Å². The van der Waals surface area contributed by atoms with Crippen LogP contribution in [0.3, 0.4) is 0 Å². The molecule has 19 heavy (non-hydrogen) atoms. The average Bonchev–Trinajstić information content (AvgIpc) is 2.34. The van der Waals surface area contributed by atoms with Crippen LogP contribution in [0.5, 0.6) is 0 Å². The van der Waals surface area contributed by atoms with Crippen molar-refractivity contribution < 1.29 is 32.0 Å². The molecule has 0 aliphatic heterocycles. The van der Waals surface area contributed by atoms with Crippen molar-refractivity contribution in [1.82, 2.24) is 0 Å². The van der Waals surface area contributed by atoms with E-state index in [2.05, 4.69) is 22.0 Å². The van der Waals surface area contributed by atoms with Crippen LogP contribution in [0.4, 0.5) is 0 Å². The minimum Gasteiger partial charge on any atom is -0.465 e. The number of esters is 2. The molecule has 0 aliphatic carbocycles. The van der Waals surface area contributed by atoms with Gasteiger partial charge in [0.15, 0.2) is 6.61 Å². The second-order valence-electron chi connectivity index (χ2n) is 2.88. The summed E-state index contributed by atoms with van der Waals surface area (Å²) in [5.74, 6) is 0.638. The van der Waals surface area contributed by atoms with E-state index in [0.29, 0.717) is 0 Å². The highest BCUT2D eigenvalue weighted by Gasteiger charge is 2.05. The fourth-order valence-electron chi connectivity index (χ4n) is 0.535. The van der Waals surface area contributed by atoms with Crippen LogP contribution in [-0.4, -0.2) is 43.9 Å². The smallest absolute Gasteiger partial charge is 0.331 e. The van der Waals surface area contributed by atoms with Gasteiger partial charge in [0.25, 0.3) is 10.1 Å². The van der Waals surface area contributed by atoms with Gasteiger partial charge >= 0.3 is 11.9 Å². The molecule has 0 saturated heterocycles. The molecule has 0 radical (unpaired) electrons. The summed E-state index contributed by atoms with van der Waals surface area (Å²) in [7, 11) is -4.01. The van der Waals surface area contributed by atoms with Gasteiger partial charge in [-0.1, -0.05) is 19.4 Å². The maximum absolute atomic E-state index is 10.4. The number of ether oxygens (including phenoxy) is 2. The Morgan fingerprint density at radius 3 is 2.37 bits per heavy atom. The first-order chi connectivity index (χ1) is 8.76. The molecule has 0 aliphatic rings. The van der Waals surface area contributed by atoms with Gasteiger partial charge in [0.2, 0.25) is 0 Å². The molecule has 0 aromatic heterocycles. The Morgan fingerprint density at radius 1 is 1.42 bits per heavy atom. The molecule has 7 nitrogen and oxygen atoms in total. The molecule has 1 N–H and O–H groups in total. The predicted octanol–water partition coefficient (Wildman–Crippen LogP) is 0.176. The summed E-state index contributed by atoms with van der Waals surface area (Å²) < 4.78 is 37.1. The van der Waals surface area contributed by atoms with Gasteiger partial charge in [0.05, 0.1) is 0 Å². The quantitative estimate of drug-likeness (QED) is 0.322. The third-order valence-electron chi connectivity index (χ3n) is 1.36. The zero-order valence-electron chi connectivity index (χ0n) is 10.5. The Labute approximate surface area is 112 Å². The number of hydrogen-bond donors (Lipinski definition) is 1. The van der Waals surface area contributed by atoms with Gasteiger partial charge in [-0.25, -0.2) is 4.79 Å². The van der Waals surface area contributed by atoms with Crippen LogP contribution < -0.4 is 0 Å². The van der Waals surface area contributed by atoms with E-state index in [4.69, 9.17) is 11.0 Å². The number of carbonyl (C=O) groups excluding carboxylic acids is 2. The number of hydrogen-bond acceptors (Lipinski definition) is 6. The highest BCUT2D eigenvalue weighted by Crippen LogP contribution is 1.87. The Bertz CT molecular complexity index is 430. The molecule has 0 rings (SSSR count). The first kappa shape index (κ1) is 19.5. The molecule has 0 unspecified atom stereocenters. The van der Waals surface area contributed by atoms with E-state index in [0.717, 1.165) is 6.08 Å². The molecule has 0 aromatic carbocycles. The summed E-state index contributed by atoms with van der Waals surface area (Å²) in [6.07, 6.45) is 6.04. The van der Waals surface area contributed by atoms with Crippen molar-refractivity contribution in [3.63, 3.8) is 0 Å². The standard InChI is InChI=1S/C6H6O2.C5H10O5S/c1-3-5-8-6(7)4-2;1-2-5(6)10-3-4-11(7,8)9/h1,4H,2,5H2;2-4H2,1H3,(H,7,8,9). The lowest BCUT2D eigenvalue weighted by Gasteiger charge is -1.99. The molecule has 0 saturated carbocycles. The van der Waals surface area contributed by atoms with E-state index in [1.807, 2.05) is 0 Å². The monoisotopic (exact) mass is 292 g/mol. The van der Waals surface area contributed by atoms with Crippen molar-refractivity contribution in [1.29, 1.82) is 0 Å². The van der Waals surface area contributed by atoms with E-state index in [1.54, 1.807) is 6.92 Å². The highest BCUT2D eigenvalue weighted by molar-refractivity contribution is 7.85. The molecular weight excluding hydrogens is 276 g/mol. The molecular formula is C11H16O7S. The summed E-state index contributed by atoms with van der Waals surface area (Å²) in [4.78, 5) is 20.5. The van der Waals surface area contributed by atoms with Crippen molar-refractivity contribution in [2.75, 3.05) is 19.0 Å². The van der Waals surface area contributed by atoms with E-state index in [-0.39, 0.29) is 19.6 Å². The third kappa shape index (κ3) is 18.7. The van der Waals surface area contributed by atoms with Crippen LogP contribution >= 0.6 is 0 Å². The van der Waals surface area contributed by atoms with Crippen molar-refractivity contribution in [2.45, 2.75) is 13.3 Å². The zero-order valence-corrected chi connectivity index (χ0v) is 11.3. The molecule has 0 amide bonds. The minimum atomic E-state index is -4.01. The molecule has 108 valence electrons. The Hall–Kier alpha value is -1.85. The number of carbonyl (C=O) groups is 2. The van der Waals surface area contributed by atoms with Crippen molar-refractivity contribution in [3.8, 4) is 12.3 Å². The topological polar surface area (TPSA) is 107 Å². The van der Waals surface area contributed by atoms with Gasteiger partial charge in [0.1, 0.15) is 12.4 Å². The van der Waals surface area contributed by atoms with Gasteiger partial charge in [-0.05, 0) is 0 Å². The summed E-state index contributed by atoms with van der Waals surface area (Å²) in [5, 5.41) is 0. The number of terminal acetylenes is 1. The van der Waals surface area contributed by atoms with Crippen LogP contribution in [0.15, 0.2) is 12.7 Å². The number of rotatable bonds is 6. The second-order valence-corrected chi connectivity index (χ2v) is 4.45. The molecule has 0 aromatic rings. The second kappa shape index (κ2) is 11.3. The average molecular weight is 292 g/mol. The molecule has 0 heterocycles. The molecule has 0 bridgehead atoms. The normalized spacial score (nSPS) is 9.32. The Balaban J connectivity index is 0. The van der Waals surface area contributed by atoms with Crippen molar-refractivity contribution >= 4 is 22.1 Å². The summed E-state index contributed by atoms with van der Waals surface area (Å²) in [5.41, 5.74) is 0. The van der Waals surface area contributed by atoms with Crippen LogP contribution in [0.1, 0.15) is 13.3 Å². The van der Waals surface area contributed by atoms with Gasteiger partial charge in [-0.2, -0.15) is 8.42 Å². The van der Waals surface area contributed by atoms with E-state index in [1.165, 1.54) is 0 Å². The summed E-state index contributed by atoms with van der Waals surface area (Å²) in [6.45, 7) is 4.50. The minimum absolute atomic E-state index is 0.0187.